The zero-order valence-corrected chi connectivity index (χ0v) is 18.9. The van der Waals surface area contributed by atoms with E-state index >= 15 is 0 Å². The Kier molecular flexibility index (Phi) is 6.65. The molecule has 0 aromatic heterocycles. The minimum atomic E-state index is -4.93. The fourth-order valence-corrected chi connectivity index (χ4v) is 4.71. The number of halogens is 6. The second kappa shape index (κ2) is 9.13. The van der Waals surface area contributed by atoms with Gasteiger partial charge in [-0.15, -0.1) is 0 Å². The Hall–Kier alpha value is -2.59. The number of rotatable bonds is 5. The lowest BCUT2D eigenvalue weighted by atomic mass is 9.77. The van der Waals surface area contributed by atoms with Crippen LogP contribution in [0.4, 0.5) is 26.3 Å². The van der Waals surface area contributed by atoms with Gasteiger partial charge in [-0.05, 0) is 55.5 Å². The molecule has 10 heteroatoms. The van der Waals surface area contributed by atoms with Crippen molar-refractivity contribution in [3.05, 3.63) is 70.8 Å². The van der Waals surface area contributed by atoms with Gasteiger partial charge in [0.15, 0.2) is 0 Å². The van der Waals surface area contributed by atoms with E-state index in [2.05, 4.69) is 5.32 Å². The van der Waals surface area contributed by atoms with Crippen molar-refractivity contribution in [1.82, 2.24) is 5.32 Å². The highest BCUT2D eigenvalue weighted by atomic mass is 19.4. The Morgan fingerprint density at radius 3 is 2.09 bits per heavy atom. The normalized spacial score (nSPS) is 26.1. The predicted octanol–water partition coefficient (Wildman–Crippen LogP) is 6.16. The van der Waals surface area contributed by atoms with Crippen LogP contribution in [0.1, 0.15) is 61.0 Å². The summed E-state index contributed by atoms with van der Waals surface area (Å²) in [6.07, 6.45) is -8.91. The molecule has 3 atom stereocenters. The second-order valence-corrected chi connectivity index (χ2v) is 9.25. The summed E-state index contributed by atoms with van der Waals surface area (Å²) in [6, 6.07) is 10.8. The van der Waals surface area contributed by atoms with Gasteiger partial charge in [-0.2, -0.15) is 26.3 Å². The Morgan fingerprint density at radius 1 is 0.971 bits per heavy atom. The quantitative estimate of drug-likeness (QED) is 0.394. The number of hydrogen-bond acceptors (Lipinski definition) is 4. The Balaban J connectivity index is 1.58. The van der Waals surface area contributed by atoms with E-state index in [0.717, 1.165) is 5.56 Å². The van der Waals surface area contributed by atoms with Crippen molar-refractivity contribution in [2.75, 3.05) is 13.2 Å². The smallest absolute Gasteiger partial charge is 0.416 e. The number of carbonyl (C=O) groups is 1. The molecule has 0 bridgehead atoms. The number of esters is 1. The van der Waals surface area contributed by atoms with Gasteiger partial charge in [0, 0.05) is 13.0 Å². The molecule has 2 aliphatic heterocycles. The van der Waals surface area contributed by atoms with Crippen LogP contribution in [0.15, 0.2) is 48.5 Å². The first-order valence-corrected chi connectivity index (χ1v) is 11.3. The number of ether oxygens (including phenoxy) is 2. The zero-order chi connectivity index (χ0) is 25.5. The Morgan fingerprint density at radius 2 is 1.60 bits per heavy atom. The van der Waals surface area contributed by atoms with Gasteiger partial charge in [0.1, 0.15) is 5.60 Å². The van der Waals surface area contributed by atoms with Gasteiger partial charge in [0.25, 0.3) is 0 Å². The molecule has 0 aliphatic carbocycles. The summed E-state index contributed by atoms with van der Waals surface area (Å²) in [7, 11) is 0. The second-order valence-electron chi connectivity index (χ2n) is 9.25. The van der Waals surface area contributed by atoms with Crippen LogP contribution in [0.3, 0.4) is 0 Å². The maximum Gasteiger partial charge on any atom is 0.416 e. The standard InChI is InChI=1S/C25H25F6NO3/c1-16(17-11-19(24(26,27)28)13-20(12-17)25(29,30)31)34-15-23(18-5-3-2-4-6-18)10-9-22(14-32-23)8-7-21(33)35-22/h2-6,11-13,16,32H,7-10,14-15H2,1H3/t16-,22?,23-/m1/s1. The fraction of sp³-hybridized carbons (Fsp3) is 0.480. The van der Waals surface area contributed by atoms with Crippen molar-refractivity contribution in [2.24, 2.45) is 0 Å². The van der Waals surface area contributed by atoms with E-state index in [-0.39, 0.29) is 24.2 Å². The van der Waals surface area contributed by atoms with Crippen molar-refractivity contribution in [3.63, 3.8) is 0 Å². The van der Waals surface area contributed by atoms with E-state index in [1.54, 1.807) is 0 Å². The number of piperidine rings is 1. The first-order chi connectivity index (χ1) is 16.3. The van der Waals surface area contributed by atoms with Crippen LogP contribution in [-0.4, -0.2) is 24.7 Å². The van der Waals surface area contributed by atoms with E-state index in [4.69, 9.17) is 9.47 Å². The summed E-state index contributed by atoms with van der Waals surface area (Å²) in [5.41, 5.74) is -3.46. The maximum atomic E-state index is 13.3. The van der Waals surface area contributed by atoms with Gasteiger partial charge in [-0.1, -0.05) is 30.3 Å². The van der Waals surface area contributed by atoms with E-state index in [1.807, 2.05) is 30.3 Å². The monoisotopic (exact) mass is 501 g/mol. The van der Waals surface area contributed by atoms with Gasteiger partial charge in [0.05, 0.1) is 29.4 Å². The molecule has 2 aromatic carbocycles. The average molecular weight is 501 g/mol. The summed E-state index contributed by atoms with van der Waals surface area (Å²) in [5, 5.41) is 3.42. The molecule has 1 N–H and O–H groups in total. The number of alkyl halides is 6. The molecule has 1 unspecified atom stereocenters. The van der Waals surface area contributed by atoms with Crippen LogP contribution in [-0.2, 0) is 32.2 Å². The molecule has 2 aromatic rings. The SMILES string of the molecule is C[C@@H](OC[C@@]1(c2ccccc2)CCC2(CCC(=O)O2)CN1)c1cc(C(F)(F)F)cc(C(F)(F)F)c1. The molecule has 0 saturated carbocycles. The van der Waals surface area contributed by atoms with Crippen LogP contribution in [0.2, 0.25) is 0 Å². The van der Waals surface area contributed by atoms with E-state index < -0.39 is 40.7 Å². The molecule has 4 rings (SSSR count). The highest BCUT2D eigenvalue weighted by Gasteiger charge is 2.48. The predicted molar refractivity (Wildman–Crippen MR) is 114 cm³/mol. The van der Waals surface area contributed by atoms with Crippen molar-refractivity contribution >= 4 is 5.97 Å². The third-order valence-corrected chi connectivity index (χ3v) is 6.86. The maximum absolute atomic E-state index is 13.3. The molecular weight excluding hydrogens is 476 g/mol. The summed E-state index contributed by atoms with van der Waals surface area (Å²) >= 11 is 0. The molecular formula is C25H25F6NO3. The minimum absolute atomic E-state index is 0.000195. The lowest BCUT2D eigenvalue weighted by Crippen LogP contribution is -2.58. The lowest BCUT2D eigenvalue weighted by molar-refractivity contribution is -0.152. The third kappa shape index (κ3) is 5.48. The Labute approximate surface area is 198 Å². The largest absolute Gasteiger partial charge is 0.458 e. The Bertz CT molecular complexity index is 1030. The summed E-state index contributed by atoms with van der Waals surface area (Å²) in [6.45, 7) is 1.80. The van der Waals surface area contributed by atoms with Gasteiger partial charge < -0.3 is 14.8 Å². The fourth-order valence-electron chi connectivity index (χ4n) is 4.71. The van der Waals surface area contributed by atoms with Crippen molar-refractivity contribution in [2.45, 2.75) is 62.2 Å². The molecule has 190 valence electrons. The van der Waals surface area contributed by atoms with Crippen molar-refractivity contribution < 1.29 is 40.6 Å². The number of nitrogens with one attached hydrogen (secondary N) is 1. The molecule has 0 radical (unpaired) electrons. The summed E-state index contributed by atoms with van der Waals surface area (Å²) in [4.78, 5) is 11.7. The van der Waals surface area contributed by atoms with Gasteiger partial charge in [-0.25, -0.2) is 0 Å². The summed E-state index contributed by atoms with van der Waals surface area (Å²) in [5.74, 6) is -0.256. The van der Waals surface area contributed by atoms with E-state index in [9.17, 15) is 31.1 Å². The zero-order valence-electron chi connectivity index (χ0n) is 18.9. The topological polar surface area (TPSA) is 47.6 Å². The van der Waals surface area contributed by atoms with Crippen LogP contribution in [0, 0.1) is 0 Å². The average Bonchev–Trinajstić information content (AvgIpc) is 3.18. The molecule has 2 heterocycles. The van der Waals surface area contributed by atoms with Crippen LogP contribution in [0.5, 0.6) is 0 Å². The minimum Gasteiger partial charge on any atom is -0.458 e. The van der Waals surface area contributed by atoms with E-state index in [1.165, 1.54) is 6.92 Å². The molecule has 0 amide bonds. The summed E-state index contributed by atoms with van der Waals surface area (Å²) < 4.78 is 91.1. The van der Waals surface area contributed by atoms with Crippen LogP contribution >= 0.6 is 0 Å². The van der Waals surface area contributed by atoms with Crippen LogP contribution in [0.25, 0.3) is 0 Å². The highest BCUT2D eigenvalue weighted by molar-refractivity contribution is 5.72. The lowest BCUT2D eigenvalue weighted by Gasteiger charge is -2.45. The highest BCUT2D eigenvalue weighted by Crippen LogP contribution is 2.42. The molecule has 4 nitrogen and oxygen atoms in total. The van der Waals surface area contributed by atoms with E-state index in [0.29, 0.717) is 44.4 Å². The molecule has 35 heavy (non-hydrogen) atoms. The number of benzene rings is 2. The van der Waals surface area contributed by atoms with Gasteiger partial charge in [0.2, 0.25) is 0 Å². The van der Waals surface area contributed by atoms with Crippen molar-refractivity contribution in [1.29, 1.82) is 0 Å². The molecule has 2 saturated heterocycles. The molecule has 2 aliphatic rings. The number of hydrogen-bond donors (Lipinski definition) is 1. The molecule has 2 fully saturated rings. The molecule has 1 spiro atoms. The third-order valence-electron chi connectivity index (χ3n) is 6.86. The number of carbonyl (C=O) groups excluding carboxylic acids is 1. The first kappa shape index (κ1) is 25.5. The first-order valence-electron chi connectivity index (χ1n) is 11.3. The van der Waals surface area contributed by atoms with Crippen LogP contribution < -0.4 is 5.32 Å². The van der Waals surface area contributed by atoms with Gasteiger partial charge in [-0.3, -0.25) is 4.79 Å². The van der Waals surface area contributed by atoms with Crippen molar-refractivity contribution in [3.8, 4) is 0 Å². The van der Waals surface area contributed by atoms with Gasteiger partial charge >= 0.3 is 18.3 Å².